The summed E-state index contributed by atoms with van der Waals surface area (Å²) in [6.07, 6.45) is 10.9. The molecule has 0 aromatic carbocycles. The summed E-state index contributed by atoms with van der Waals surface area (Å²) in [5.74, 6) is 2.17. The topological polar surface area (TPSA) is 33.1 Å². The molecule has 1 aliphatic heterocycles. The number of hydrogen-bond donors (Lipinski definition) is 1. The summed E-state index contributed by atoms with van der Waals surface area (Å²) in [4.78, 5) is 7.22. The van der Waals surface area contributed by atoms with Gasteiger partial charge < -0.3 is 9.88 Å². The molecule has 2 heterocycles. The molecule has 0 amide bonds. The Kier molecular flexibility index (Phi) is 4.96. The van der Waals surface area contributed by atoms with Crippen LogP contribution < -0.4 is 5.32 Å². The first-order chi connectivity index (χ1) is 10.3. The van der Waals surface area contributed by atoms with Gasteiger partial charge in [0.05, 0.1) is 6.54 Å². The van der Waals surface area contributed by atoms with Crippen molar-refractivity contribution in [3.63, 3.8) is 0 Å². The van der Waals surface area contributed by atoms with Crippen molar-refractivity contribution in [2.45, 2.75) is 71.1 Å². The molecular formula is C17H30N4. The number of fused-ring (bicyclic) bond motifs is 1. The smallest absolute Gasteiger partial charge is 0.122 e. The highest BCUT2D eigenvalue weighted by atomic mass is 15.3. The van der Waals surface area contributed by atoms with E-state index in [9.17, 15) is 0 Å². The first-order valence-electron chi connectivity index (χ1n) is 8.79. The predicted octanol–water partition coefficient (Wildman–Crippen LogP) is 2.65. The maximum absolute atomic E-state index is 4.53. The van der Waals surface area contributed by atoms with Crippen LogP contribution in [0.15, 0.2) is 12.4 Å². The Morgan fingerprint density at radius 1 is 1.29 bits per heavy atom. The van der Waals surface area contributed by atoms with Gasteiger partial charge in [0.1, 0.15) is 5.82 Å². The fourth-order valence-corrected chi connectivity index (χ4v) is 4.28. The average Bonchev–Trinajstić information content (AvgIpc) is 2.97. The van der Waals surface area contributed by atoms with Crippen molar-refractivity contribution in [1.82, 2.24) is 19.8 Å². The van der Waals surface area contributed by atoms with E-state index in [1.807, 2.05) is 6.20 Å². The maximum atomic E-state index is 4.53. The zero-order valence-electron chi connectivity index (χ0n) is 13.6. The quantitative estimate of drug-likeness (QED) is 0.905. The van der Waals surface area contributed by atoms with Crippen molar-refractivity contribution in [2.75, 3.05) is 13.1 Å². The van der Waals surface area contributed by atoms with Gasteiger partial charge in [0, 0.05) is 37.6 Å². The van der Waals surface area contributed by atoms with Crippen LogP contribution in [0, 0.1) is 5.92 Å². The Balaban J connectivity index is 1.70. The fourth-order valence-electron chi connectivity index (χ4n) is 4.28. The largest absolute Gasteiger partial charge is 0.333 e. The van der Waals surface area contributed by atoms with E-state index in [0.29, 0.717) is 12.1 Å². The molecule has 0 bridgehead atoms. The van der Waals surface area contributed by atoms with Crippen LogP contribution in [0.25, 0.3) is 0 Å². The number of rotatable bonds is 5. The molecule has 0 radical (unpaired) electrons. The average molecular weight is 290 g/mol. The van der Waals surface area contributed by atoms with Crippen LogP contribution in [0.5, 0.6) is 0 Å². The van der Waals surface area contributed by atoms with Crippen molar-refractivity contribution in [1.29, 1.82) is 0 Å². The Hall–Kier alpha value is -0.870. The third kappa shape index (κ3) is 3.32. The SMILES string of the molecule is CCCC1CCC(NCC)C(N2CCn3ccnc3C2)C1. The van der Waals surface area contributed by atoms with Gasteiger partial charge in [0.15, 0.2) is 0 Å². The predicted molar refractivity (Wildman–Crippen MR) is 86.1 cm³/mol. The third-order valence-electron chi connectivity index (χ3n) is 5.33. The minimum absolute atomic E-state index is 0.671. The summed E-state index contributed by atoms with van der Waals surface area (Å²) in [7, 11) is 0. The van der Waals surface area contributed by atoms with Crippen molar-refractivity contribution in [3.05, 3.63) is 18.2 Å². The number of nitrogens with zero attached hydrogens (tertiary/aromatic N) is 3. The maximum Gasteiger partial charge on any atom is 0.122 e. The van der Waals surface area contributed by atoms with Gasteiger partial charge in [-0.3, -0.25) is 4.90 Å². The molecule has 118 valence electrons. The molecule has 1 fully saturated rings. The normalized spacial score (nSPS) is 30.3. The van der Waals surface area contributed by atoms with E-state index in [1.54, 1.807) is 0 Å². The van der Waals surface area contributed by atoms with Crippen molar-refractivity contribution in [3.8, 4) is 0 Å². The number of nitrogens with one attached hydrogen (secondary N) is 1. The summed E-state index contributed by atoms with van der Waals surface area (Å²) in [5.41, 5.74) is 0. The summed E-state index contributed by atoms with van der Waals surface area (Å²) in [6, 6.07) is 1.37. The molecule has 1 aromatic heterocycles. The van der Waals surface area contributed by atoms with Crippen molar-refractivity contribution >= 4 is 0 Å². The van der Waals surface area contributed by atoms with Gasteiger partial charge in [0.2, 0.25) is 0 Å². The molecule has 4 nitrogen and oxygen atoms in total. The first kappa shape index (κ1) is 15.0. The van der Waals surface area contributed by atoms with Gasteiger partial charge in [-0.05, 0) is 31.7 Å². The van der Waals surface area contributed by atoms with Crippen LogP contribution in [0.1, 0.15) is 51.8 Å². The fraction of sp³-hybridized carbons (Fsp3) is 0.824. The van der Waals surface area contributed by atoms with Crippen LogP contribution in [0.3, 0.4) is 0 Å². The van der Waals surface area contributed by atoms with Gasteiger partial charge >= 0.3 is 0 Å². The van der Waals surface area contributed by atoms with Gasteiger partial charge in [0.25, 0.3) is 0 Å². The monoisotopic (exact) mass is 290 g/mol. The lowest BCUT2D eigenvalue weighted by molar-refractivity contribution is 0.0709. The van der Waals surface area contributed by atoms with E-state index in [2.05, 4.69) is 39.8 Å². The lowest BCUT2D eigenvalue weighted by Crippen LogP contribution is -2.54. The van der Waals surface area contributed by atoms with Gasteiger partial charge in [-0.15, -0.1) is 0 Å². The Morgan fingerprint density at radius 2 is 2.19 bits per heavy atom. The lowest BCUT2D eigenvalue weighted by atomic mass is 9.79. The number of hydrogen-bond acceptors (Lipinski definition) is 3. The van der Waals surface area contributed by atoms with Crippen LogP contribution in [-0.2, 0) is 13.1 Å². The van der Waals surface area contributed by atoms with Crippen molar-refractivity contribution < 1.29 is 0 Å². The summed E-state index contributed by atoms with van der Waals surface area (Å²) < 4.78 is 2.31. The molecule has 3 unspecified atom stereocenters. The molecule has 3 rings (SSSR count). The molecule has 2 aliphatic rings. The van der Waals surface area contributed by atoms with Gasteiger partial charge in [-0.2, -0.15) is 0 Å². The molecule has 1 aliphatic carbocycles. The zero-order chi connectivity index (χ0) is 14.7. The second kappa shape index (κ2) is 6.93. The van der Waals surface area contributed by atoms with E-state index < -0.39 is 0 Å². The Morgan fingerprint density at radius 3 is 3.00 bits per heavy atom. The first-order valence-corrected chi connectivity index (χ1v) is 8.79. The highest BCUT2D eigenvalue weighted by Crippen LogP contribution is 2.32. The molecule has 1 saturated carbocycles. The van der Waals surface area contributed by atoms with Crippen LogP contribution in [0.2, 0.25) is 0 Å². The number of aromatic nitrogens is 2. The molecule has 21 heavy (non-hydrogen) atoms. The molecular weight excluding hydrogens is 260 g/mol. The van der Waals surface area contributed by atoms with E-state index in [0.717, 1.165) is 25.6 Å². The molecule has 3 atom stereocenters. The third-order valence-corrected chi connectivity index (χ3v) is 5.33. The highest BCUT2D eigenvalue weighted by Gasteiger charge is 2.35. The van der Waals surface area contributed by atoms with Crippen LogP contribution in [-0.4, -0.2) is 39.6 Å². The summed E-state index contributed by atoms with van der Waals surface area (Å²) >= 11 is 0. The molecule has 4 heteroatoms. The van der Waals surface area contributed by atoms with E-state index in [4.69, 9.17) is 0 Å². The molecule has 1 N–H and O–H groups in total. The standard InChI is InChI=1S/C17H30N4/c1-3-5-14-6-7-15(18-4-2)16(12-14)21-11-10-20-9-8-19-17(20)13-21/h8-9,14-16,18H,3-7,10-13H2,1-2H3. The Labute approximate surface area is 128 Å². The molecule has 1 aromatic rings. The van der Waals surface area contributed by atoms with E-state index >= 15 is 0 Å². The van der Waals surface area contributed by atoms with E-state index in [-0.39, 0.29) is 0 Å². The highest BCUT2D eigenvalue weighted by molar-refractivity contribution is 4.99. The van der Waals surface area contributed by atoms with Crippen LogP contribution in [0.4, 0.5) is 0 Å². The molecule has 0 spiro atoms. The van der Waals surface area contributed by atoms with E-state index in [1.165, 1.54) is 44.5 Å². The minimum atomic E-state index is 0.671. The second-order valence-corrected chi connectivity index (χ2v) is 6.71. The summed E-state index contributed by atoms with van der Waals surface area (Å²) in [6.45, 7) is 8.94. The number of imidazole rings is 1. The minimum Gasteiger partial charge on any atom is -0.333 e. The lowest BCUT2D eigenvalue weighted by Gasteiger charge is -2.44. The van der Waals surface area contributed by atoms with Crippen LogP contribution >= 0.6 is 0 Å². The Bertz CT molecular complexity index is 442. The summed E-state index contributed by atoms with van der Waals surface area (Å²) in [5, 5.41) is 3.74. The van der Waals surface area contributed by atoms with Crippen molar-refractivity contribution in [2.24, 2.45) is 5.92 Å². The number of likely N-dealkylation sites (N-methyl/N-ethyl adjacent to an activating group) is 1. The van der Waals surface area contributed by atoms with Gasteiger partial charge in [-0.1, -0.05) is 26.7 Å². The zero-order valence-corrected chi connectivity index (χ0v) is 13.6. The molecule has 0 saturated heterocycles. The second-order valence-electron chi connectivity index (χ2n) is 6.71. The van der Waals surface area contributed by atoms with Gasteiger partial charge in [-0.25, -0.2) is 4.98 Å².